The molecule has 1 heterocycles. The van der Waals surface area contributed by atoms with Crippen LogP contribution in [0.2, 0.25) is 0 Å². The molecule has 0 fully saturated rings. The summed E-state index contributed by atoms with van der Waals surface area (Å²) in [6.45, 7) is 8.35. The Morgan fingerprint density at radius 1 is 1.04 bits per heavy atom. The number of hydrogen-bond acceptors (Lipinski definition) is 2. The smallest absolute Gasteiger partial charge is 0.207 e. The van der Waals surface area contributed by atoms with Crippen LogP contribution in [0.5, 0.6) is 0 Å². The van der Waals surface area contributed by atoms with Crippen LogP contribution in [0.1, 0.15) is 37.0 Å². The van der Waals surface area contributed by atoms with Crippen LogP contribution in [0.4, 0.5) is 0 Å². The summed E-state index contributed by atoms with van der Waals surface area (Å²) in [6.07, 6.45) is 0.658. The van der Waals surface area contributed by atoms with E-state index in [4.69, 9.17) is 0 Å². The highest BCUT2D eigenvalue weighted by molar-refractivity contribution is 7.89. The van der Waals surface area contributed by atoms with Gasteiger partial charge in [-0.1, -0.05) is 61.5 Å². The van der Waals surface area contributed by atoms with Crippen LogP contribution in [0.25, 0.3) is 0 Å². The largest absolute Gasteiger partial charge is 0.242 e. The Bertz CT molecular complexity index is 947. The third-order valence-corrected chi connectivity index (χ3v) is 7.04. The fourth-order valence-corrected chi connectivity index (χ4v) is 5.81. The highest BCUT2D eigenvalue weighted by Gasteiger charge is 2.57. The van der Waals surface area contributed by atoms with Gasteiger partial charge in [0, 0.05) is 5.41 Å². The van der Waals surface area contributed by atoms with Gasteiger partial charge < -0.3 is 0 Å². The van der Waals surface area contributed by atoms with E-state index in [0.29, 0.717) is 11.3 Å². The maximum Gasteiger partial charge on any atom is 0.242 e. The van der Waals surface area contributed by atoms with Gasteiger partial charge in [0.2, 0.25) is 10.0 Å². The van der Waals surface area contributed by atoms with Gasteiger partial charge in [0.05, 0.1) is 10.4 Å². The summed E-state index contributed by atoms with van der Waals surface area (Å²) in [5.41, 5.74) is 3.14. The third-order valence-electron chi connectivity index (χ3n) is 5.49. The second-order valence-corrected chi connectivity index (χ2v) is 8.49. The van der Waals surface area contributed by atoms with E-state index in [1.807, 2.05) is 37.3 Å². The number of fused-ring (bicyclic) bond motifs is 4. The first-order chi connectivity index (χ1) is 10.8. The predicted octanol–water partition coefficient (Wildman–Crippen LogP) is 3.46. The van der Waals surface area contributed by atoms with Gasteiger partial charge in [0.25, 0.3) is 0 Å². The number of benzene rings is 2. The van der Waals surface area contributed by atoms with E-state index in [1.165, 1.54) is 0 Å². The summed E-state index contributed by atoms with van der Waals surface area (Å²) in [6, 6.07) is 15.4. The first-order valence-corrected chi connectivity index (χ1v) is 9.19. The topological polar surface area (TPSA) is 46.2 Å². The van der Waals surface area contributed by atoms with Crippen molar-refractivity contribution in [2.24, 2.45) is 0 Å². The number of hydrogen-bond donors (Lipinski definition) is 1. The Hall–Kier alpha value is -1.91. The minimum absolute atomic E-state index is 0.253. The van der Waals surface area contributed by atoms with Gasteiger partial charge in [0.15, 0.2) is 0 Å². The monoisotopic (exact) mass is 325 g/mol. The summed E-state index contributed by atoms with van der Waals surface area (Å²) in [5.74, 6) is 0. The Balaban J connectivity index is 2.08. The molecule has 2 aliphatic rings. The van der Waals surface area contributed by atoms with Crippen LogP contribution in [0.15, 0.2) is 65.6 Å². The summed E-state index contributed by atoms with van der Waals surface area (Å²) in [7, 11) is -3.50. The minimum Gasteiger partial charge on any atom is -0.207 e. The van der Waals surface area contributed by atoms with Gasteiger partial charge in [0.1, 0.15) is 0 Å². The lowest BCUT2D eigenvalue weighted by Crippen LogP contribution is -2.40. The lowest BCUT2D eigenvalue weighted by Gasteiger charge is -2.30. The molecule has 0 bridgehead atoms. The zero-order valence-corrected chi connectivity index (χ0v) is 14.1. The first-order valence-electron chi connectivity index (χ1n) is 7.71. The number of allylic oxidation sites excluding steroid dienone is 1. The molecule has 1 aliphatic heterocycles. The normalized spacial score (nSPS) is 30.2. The zero-order chi connectivity index (χ0) is 16.5. The molecule has 23 heavy (non-hydrogen) atoms. The van der Waals surface area contributed by atoms with Crippen molar-refractivity contribution >= 4 is 10.0 Å². The van der Waals surface area contributed by atoms with Gasteiger partial charge >= 0.3 is 0 Å². The molecule has 4 rings (SSSR count). The average molecular weight is 325 g/mol. The Kier molecular flexibility index (Phi) is 2.77. The molecule has 1 N–H and O–H groups in total. The van der Waals surface area contributed by atoms with Crippen molar-refractivity contribution in [1.29, 1.82) is 0 Å². The van der Waals surface area contributed by atoms with Gasteiger partial charge in [-0.05, 0) is 36.1 Å². The fourth-order valence-electron chi connectivity index (χ4n) is 4.16. The van der Waals surface area contributed by atoms with Crippen molar-refractivity contribution in [2.75, 3.05) is 0 Å². The molecule has 0 amide bonds. The lowest BCUT2D eigenvalue weighted by molar-refractivity contribution is 0.403. The van der Waals surface area contributed by atoms with Crippen molar-refractivity contribution < 1.29 is 8.42 Å². The summed E-state index contributed by atoms with van der Waals surface area (Å²) in [4.78, 5) is 0.390. The third kappa shape index (κ3) is 1.71. The fraction of sp³-hybridized carbons (Fsp3) is 0.263. The molecule has 0 unspecified atom stereocenters. The van der Waals surface area contributed by atoms with E-state index in [2.05, 4.69) is 24.3 Å². The molecule has 0 saturated heterocycles. The van der Waals surface area contributed by atoms with E-state index >= 15 is 0 Å². The molecule has 2 atom stereocenters. The molecule has 0 saturated carbocycles. The molecule has 118 valence electrons. The molecular formula is C19H19NO2S. The van der Waals surface area contributed by atoms with Crippen LogP contribution in [0, 0.1) is 0 Å². The van der Waals surface area contributed by atoms with E-state index in [0.717, 1.165) is 22.3 Å². The van der Waals surface area contributed by atoms with Gasteiger partial charge in [-0.25, -0.2) is 8.42 Å². The number of rotatable bonds is 1. The second kappa shape index (κ2) is 4.34. The lowest BCUT2D eigenvalue weighted by atomic mass is 9.76. The highest BCUT2D eigenvalue weighted by atomic mass is 32.2. The molecule has 1 spiro atoms. The SMILES string of the molecule is C=C(C)[C@@]1(C)C[C@@]2(NS(=O)(=O)c3ccccc32)c2ccccc21. The summed E-state index contributed by atoms with van der Waals surface area (Å²) < 4.78 is 28.3. The maximum atomic E-state index is 12.7. The van der Waals surface area contributed by atoms with Gasteiger partial charge in [-0.15, -0.1) is 0 Å². The van der Waals surface area contributed by atoms with E-state index in [1.54, 1.807) is 12.1 Å². The molecule has 2 aromatic carbocycles. The summed E-state index contributed by atoms with van der Waals surface area (Å²) >= 11 is 0. The summed E-state index contributed by atoms with van der Waals surface area (Å²) in [5, 5.41) is 0. The second-order valence-electron chi connectivity index (χ2n) is 6.84. The van der Waals surface area contributed by atoms with Crippen LogP contribution in [-0.2, 0) is 21.0 Å². The van der Waals surface area contributed by atoms with Crippen LogP contribution in [-0.4, -0.2) is 8.42 Å². The quantitative estimate of drug-likeness (QED) is 0.816. The molecule has 4 heteroatoms. The van der Waals surface area contributed by atoms with Crippen molar-refractivity contribution in [2.45, 2.75) is 36.1 Å². The molecule has 0 aromatic heterocycles. The first kappa shape index (κ1) is 14.7. The standard InChI is InChI=1S/C19H19NO2S/c1-13(2)18(3)12-19(15-9-5-4-8-14(15)18)16-10-6-7-11-17(16)23(21,22)20-19/h4-11,20H,1,12H2,2-3H3/t18-,19-/m1/s1. The van der Waals surface area contributed by atoms with Gasteiger partial charge in [-0.3, -0.25) is 0 Å². The van der Waals surface area contributed by atoms with Crippen LogP contribution < -0.4 is 4.72 Å². The molecule has 1 aliphatic carbocycles. The van der Waals surface area contributed by atoms with E-state index in [-0.39, 0.29) is 5.41 Å². The van der Waals surface area contributed by atoms with Crippen LogP contribution >= 0.6 is 0 Å². The molecule has 0 radical (unpaired) electrons. The molecule has 3 nitrogen and oxygen atoms in total. The van der Waals surface area contributed by atoms with Crippen molar-refractivity contribution in [1.82, 2.24) is 4.72 Å². The van der Waals surface area contributed by atoms with E-state index < -0.39 is 15.6 Å². The van der Waals surface area contributed by atoms with E-state index in [9.17, 15) is 8.42 Å². The average Bonchev–Trinajstić information content (AvgIpc) is 2.91. The Morgan fingerprint density at radius 3 is 2.26 bits per heavy atom. The molecular weight excluding hydrogens is 306 g/mol. The Morgan fingerprint density at radius 2 is 1.61 bits per heavy atom. The molecule has 2 aromatic rings. The Labute approximate surface area is 137 Å². The van der Waals surface area contributed by atoms with Crippen molar-refractivity contribution in [3.63, 3.8) is 0 Å². The van der Waals surface area contributed by atoms with Crippen molar-refractivity contribution in [3.05, 3.63) is 77.4 Å². The maximum absolute atomic E-state index is 12.7. The van der Waals surface area contributed by atoms with Gasteiger partial charge in [-0.2, -0.15) is 4.72 Å². The number of nitrogens with one attached hydrogen (secondary N) is 1. The van der Waals surface area contributed by atoms with Crippen LogP contribution in [0.3, 0.4) is 0 Å². The number of sulfonamides is 1. The predicted molar refractivity (Wildman–Crippen MR) is 90.8 cm³/mol. The van der Waals surface area contributed by atoms with Crippen molar-refractivity contribution in [3.8, 4) is 0 Å². The zero-order valence-electron chi connectivity index (χ0n) is 13.3. The highest BCUT2D eigenvalue weighted by Crippen LogP contribution is 2.57. The minimum atomic E-state index is -3.50.